The minimum Gasteiger partial charge on any atom is -0.507 e. The monoisotopic (exact) mass is 1810 g/mol. The van der Waals surface area contributed by atoms with Crippen molar-refractivity contribution in [2.75, 3.05) is 39.5 Å². The molecule has 0 spiro atoms. The third-order valence-electron chi connectivity index (χ3n) is 25.8. The van der Waals surface area contributed by atoms with Gasteiger partial charge in [0.2, 0.25) is 17.7 Å². The van der Waals surface area contributed by atoms with Crippen LogP contribution >= 0.6 is 0 Å². The van der Waals surface area contributed by atoms with E-state index in [9.17, 15) is 44.1 Å². The van der Waals surface area contributed by atoms with Gasteiger partial charge in [0.05, 0.1) is 97.3 Å². The highest BCUT2D eigenvalue weighted by Gasteiger charge is 2.46. The van der Waals surface area contributed by atoms with Crippen molar-refractivity contribution in [3.05, 3.63) is 293 Å². The number of carbonyl (C=O) groups excluding carboxylic acids is 3. The summed E-state index contributed by atoms with van der Waals surface area (Å²) in [7, 11) is 0. The Hall–Kier alpha value is -14.3. The Labute approximate surface area is 751 Å². The normalized spacial score (nSPS) is 17.8. The van der Waals surface area contributed by atoms with Gasteiger partial charge in [0, 0.05) is 101 Å². The number of ether oxygens (including phenoxy) is 3. The number of phenolic OH excluding ortho intramolecular Hbond substituents is 3. The third-order valence-corrected chi connectivity index (χ3v) is 25.8. The minimum atomic E-state index is -1.23. The first-order valence-electron chi connectivity index (χ1n) is 43.1. The summed E-state index contributed by atoms with van der Waals surface area (Å²) in [4.78, 5) is 99.4. The second kappa shape index (κ2) is 35.2. The quantitative estimate of drug-likeness (QED) is 0.0759. The number of pyridine rings is 6. The van der Waals surface area contributed by atoms with Crippen LogP contribution in [0.2, 0.25) is 0 Å². The van der Waals surface area contributed by atoms with Crippen molar-refractivity contribution < 1.29 is 83.4 Å². The van der Waals surface area contributed by atoms with Gasteiger partial charge in [0.1, 0.15) is 58.8 Å². The van der Waals surface area contributed by atoms with Crippen LogP contribution in [0.25, 0.3) is 94.3 Å². The van der Waals surface area contributed by atoms with Crippen LogP contribution in [-0.4, -0.2) is 134 Å². The van der Waals surface area contributed by atoms with E-state index in [0.717, 1.165) is 68.3 Å². The molecule has 6 aliphatic rings. The number of phenols is 3. The number of piperidine rings is 1. The molecular weight excluding hydrogens is 1710 g/mol. The van der Waals surface area contributed by atoms with Gasteiger partial charge in [-0.1, -0.05) is 85.6 Å². The van der Waals surface area contributed by atoms with E-state index in [-0.39, 0.29) is 153 Å². The van der Waals surface area contributed by atoms with Crippen molar-refractivity contribution in [2.24, 2.45) is 11.8 Å². The zero-order valence-corrected chi connectivity index (χ0v) is 74.1. The SMILES string of the molecule is C=CC(=O)N1CC2=C(CC1C)c1c(c(=O)n(-c3c(C)ccnc3C(C)C)c3c(F)c(-c4c(O)cccc4F)c(F)cc13)OC2.C=CC(=O)N1CC2COc3c(c4cc(F)c(-c5c(O)cccc5F)c(F)c4n(-c4c(C)ccnc4C(C)C)c3=O)C2=CC1C.C=CC(=O)N1CC2COc3c(c4cc(F)c(-c5c(O)cccc5F)c(F)c4n(-c4c(C)ccnc4C(C)C)c3=O)C2CC1C. The number of amides is 3. The Bertz CT molecular complexity index is 7160. The van der Waals surface area contributed by atoms with Crippen molar-refractivity contribution in [3.63, 3.8) is 0 Å². The Balaban J connectivity index is 0.000000144. The molecule has 0 saturated carbocycles. The summed E-state index contributed by atoms with van der Waals surface area (Å²) in [5, 5.41) is 31.7. The van der Waals surface area contributed by atoms with Gasteiger partial charge in [0.25, 0.3) is 16.7 Å². The molecule has 6 aliphatic heterocycles. The molecule has 0 aliphatic carbocycles. The summed E-state index contributed by atoms with van der Waals surface area (Å²) in [6.07, 6.45) is 11.0. The van der Waals surface area contributed by atoms with Crippen LogP contribution in [0.3, 0.4) is 0 Å². The van der Waals surface area contributed by atoms with E-state index in [4.69, 9.17) is 14.2 Å². The van der Waals surface area contributed by atoms with Crippen molar-refractivity contribution in [1.29, 1.82) is 0 Å². The molecule has 1 saturated heterocycles. The molecule has 680 valence electrons. The number of halogens is 9. The number of aromatic nitrogens is 6. The van der Waals surface area contributed by atoms with E-state index >= 15 is 39.5 Å². The predicted molar refractivity (Wildman–Crippen MR) is 484 cm³/mol. The fourth-order valence-corrected chi connectivity index (χ4v) is 19.6. The van der Waals surface area contributed by atoms with Crippen molar-refractivity contribution in [2.45, 2.75) is 138 Å². The zero-order chi connectivity index (χ0) is 94.8. The highest BCUT2D eigenvalue weighted by Crippen LogP contribution is 2.53. The minimum absolute atomic E-state index is 0.00588. The third kappa shape index (κ3) is 15.0. The van der Waals surface area contributed by atoms with E-state index in [2.05, 4.69) is 34.7 Å². The molecule has 6 atom stereocenters. The molecule has 21 nitrogen and oxygen atoms in total. The Morgan fingerprint density at radius 1 is 0.462 bits per heavy atom. The molecular formula is C102H92F9N9O12. The van der Waals surface area contributed by atoms with E-state index in [0.29, 0.717) is 92.5 Å². The lowest BCUT2D eigenvalue weighted by Crippen LogP contribution is -2.51. The number of hydrogen-bond acceptors (Lipinski definition) is 15. The first-order valence-corrected chi connectivity index (χ1v) is 43.1. The van der Waals surface area contributed by atoms with Crippen molar-refractivity contribution >= 4 is 61.6 Å². The Morgan fingerprint density at radius 2 is 0.856 bits per heavy atom. The van der Waals surface area contributed by atoms with Gasteiger partial charge in [-0.3, -0.25) is 57.4 Å². The Morgan fingerprint density at radius 3 is 1.29 bits per heavy atom. The molecule has 12 aromatic rings. The standard InChI is InChI=1S/C34H32F3N3O4.2C34H30F3N3O4/c3*1-6-25(42)39-14-19-15-44-33-26(20(19)12-18(39)5)21-13-23(36)28(27-22(35)8-7-9-24(27)41)29(37)32(21)40(34(33)43)31-17(4)10-11-38-30(31)16(2)3/h6-11,13,16,18-20,41H,1,12,14-15H2,2-5H3;6-11,13,16,18,41H,1,12,14-15H2,2-5H3;6-13,16,18-19,41H,1,14-15H2,2-5H3. The molecule has 6 unspecified atom stereocenters. The van der Waals surface area contributed by atoms with Gasteiger partial charge in [0.15, 0.2) is 34.7 Å². The summed E-state index contributed by atoms with van der Waals surface area (Å²) >= 11 is 0. The number of hydrogen-bond donors (Lipinski definition) is 3. The Kier molecular flexibility index (Phi) is 24.3. The lowest BCUT2D eigenvalue weighted by Gasteiger charge is -2.45. The maximum absolute atomic E-state index is 17.0. The van der Waals surface area contributed by atoms with E-state index in [1.165, 1.54) is 36.4 Å². The van der Waals surface area contributed by atoms with Crippen LogP contribution in [0.15, 0.2) is 174 Å². The van der Waals surface area contributed by atoms with Gasteiger partial charge in [-0.15, -0.1) is 0 Å². The van der Waals surface area contributed by atoms with E-state index in [1.807, 2.05) is 55.4 Å². The highest BCUT2D eigenvalue weighted by molar-refractivity contribution is 6.03. The van der Waals surface area contributed by atoms with Crippen LogP contribution in [0.4, 0.5) is 39.5 Å². The number of benzene rings is 6. The molecule has 18 rings (SSSR count). The molecule has 1 fully saturated rings. The second-order valence-electron chi connectivity index (χ2n) is 35.0. The molecule has 12 heterocycles. The molecule has 3 amide bonds. The van der Waals surface area contributed by atoms with Gasteiger partial charge in [-0.25, -0.2) is 39.5 Å². The van der Waals surface area contributed by atoms with Crippen molar-refractivity contribution in [1.82, 2.24) is 43.4 Å². The highest BCUT2D eigenvalue weighted by atomic mass is 19.2. The molecule has 3 N–H and O–H groups in total. The summed E-state index contributed by atoms with van der Waals surface area (Å²) in [5.41, 5.74) is -0.302. The average molecular weight is 1810 g/mol. The molecule has 30 heteroatoms. The molecule has 6 aromatic carbocycles. The number of likely N-dealkylation sites (tertiary alicyclic amines) is 1. The van der Waals surface area contributed by atoms with Crippen molar-refractivity contribution in [3.8, 4) is 84.9 Å². The average Bonchev–Trinajstić information content (AvgIpc) is 0.714. The molecule has 132 heavy (non-hydrogen) atoms. The molecule has 6 aromatic heterocycles. The van der Waals surface area contributed by atoms with Gasteiger partial charge < -0.3 is 44.2 Å². The maximum atomic E-state index is 17.0. The first-order chi connectivity index (χ1) is 62.9. The number of aryl methyl sites for hydroxylation is 3. The van der Waals surface area contributed by atoms with Crippen LogP contribution in [0.1, 0.15) is 149 Å². The molecule has 0 radical (unpaired) electrons. The number of aromatic hydroxyl groups is 3. The van der Waals surface area contributed by atoms with E-state index in [1.54, 1.807) is 85.3 Å². The predicted octanol–water partition coefficient (Wildman–Crippen LogP) is 19.5. The number of fused-ring (bicyclic) bond motifs is 14. The van der Waals surface area contributed by atoms with Crippen LogP contribution in [0.5, 0.6) is 34.5 Å². The van der Waals surface area contributed by atoms with Crippen LogP contribution < -0.4 is 30.9 Å². The number of carbonyl (C=O) groups is 3. The van der Waals surface area contributed by atoms with Gasteiger partial charge in [-0.2, -0.15) is 0 Å². The van der Waals surface area contributed by atoms with Gasteiger partial charge in [-0.05, 0) is 202 Å². The summed E-state index contributed by atoms with van der Waals surface area (Å²) in [6.45, 7) is 33.7. The summed E-state index contributed by atoms with van der Waals surface area (Å²) in [5.74, 6) is -14.6. The smallest absolute Gasteiger partial charge is 0.298 e. The first kappa shape index (κ1) is 91.0. The lowest BCUT2D eigenvalue weighted by atomic mass is 9.75. The van der Waals surface area contributed by atoms with Crippen LogP contribution in [0, 0.1) is 85.0 Å². The number of nitrogens with zero attached hydrogens (tertiary/aromatic N) is 9. The summed E-state index contributed by atoms with van der Waals surface area (Å²) in [6, 6.07) is 17.3. The lowest BCUT2D eigenvalue weighted by molar-refractivity contribution is -0.131. The number of rotatable bonds is 12. The van der Waals surface area contributed by atoms with Crippen LogP contribution in [-0.2, 0) is 14.4 Å². The molecule has 0 bridgehead atoms. The largest absolute Gasteiger partial charge is 0.507 e. The topological polar surface area (TPSA) is 254 Å². The zero-order valence-electron chi connectivity index (χ0n) is 74.1. The summed E-state index contributed by atoms with van der Waals surface area (Å²) < 4.78 is 166. The maximum Gasteiger partial charge on any atom is 0.298 e. The fraction of sp³-hybridized carbons (Fsp3) is 0.284. The fourth-order valence-electron chi connectivity index (χ4n) is 19.6. The van der Waals surface area contributed by atoms with E-state index < -0.39 is 132 Å². The van der Waals surface area contributed by atoms with Gasteiger partial charge >= 0.3 is 0 Å². The second-order valence-corrected chi connectivity index (χ2v) is 35.0.